The second kappa shape index (κ2) is 5.52. The fourth-order valence-electron chi connectivity index (χ4n) is 1.88. The molecule has 0 bridgehead atoms. The number of halogens is 1. The van der Waals surface area contributed by atoms with Crippen LogP contribution in [0.15, 0.2) is 48.5 Å². The van der Waals surface area contributed by atoms with Gasteiger partial charge in [0.05, 0.1) is 5.56 Å². The molecule has 1 atom stereocenters. The van der Waals surface area contributed by atoms with Crippen molar-refractivity contribution >= 4 is 11.6 Å². The van der Waals surface area contributed by atoms with E-state index in [0.29, 0.717) is 5.69 Å². The lowest BCUT2D eigenvalue weighted by Gasteiger charge is -2.16. The highest BCUT2D eigenvalue weighted by molar-refractivity contribution is 5.94. The lowest BCUT2D eigenvalue weighted by atomic mass is 10.1. The fraction of sp³-hybridized carbons (Fsp3) is 0.133. The van der Waals surface area contributed by atoms with E-state index in [1.807, 2.05) is 37.3 Å². The Kier molecular flexibility index (Phi) is 3.80. The first-order chi connectivity index (χ1) is 9.08. The van der Waals surface area contributed by atoms with E-state index in [4.69, 9.17) is 5.73 Å². The monoisotopic (exact) mass is 258 g/mol. The highest BCUT2D eigenvalue weighted by Gasteiger charge is 2.10. The number of hydrogen-bond acceptors (Lipinski definition) is 2. The quantitative estimate of drug-likeness (QED) is 0.885. The van der Waals surface area contributed by atoms with Crippen molar-refractivity contribution in [3.8, 4) is 0 Å². The average molecular weight is 258 g/mol. The van der Waals surface area contributed by atoms with E-state index in [9.17, 15) is 9.18 Å². The average Bonchev–Trinajstić information content (AvgIpc) is 2.41. The highest BCUT2D eigenvalue weighted by atomic mass is 19.1. The number of hydrogen-bond donors (Lipinski definition) is 2. The highest BCUT2D eigenvalue weighted by Crippen LogP contribution is 2.21. The summed E-state index contributed by atoms with van der Waals surface area (Å²) in [7, 11) is 0. The number of amides is 1. The van der Waals surface area contributed by atoms with Gasteiger partial charge < -0.3 is 11.1 Å². The Labute approximate surface area is 111 Å². The lowest BCUT2D eigenvalue weighted by molar-refractivity contribution is 0.0996. The predicted octanol–water partition coefficient (Wildman–Crippen LogP) is 3.10. The van der Waals surface area contributed by atoms with Gasteiger partial charge in [-0.3, -0.25) is 4.79 Å². The van der Waals surface area contributed by atoms with Crippen LogP contribution in [0.25, 0.3) is 0 Å². The number of rotatable bonds is 4. The summed E-state index contributed by atoms with van der Waals surface area (Å²) >= 11 is 0. The van der Waals surface area contributed by atoms with Crippen LogP contribution in [-0.2, 0) is 0 Å². The van der Waals surface area contributed by atoms with Gasteiger partial charge in [0.15, 0.2) is 0 Å². The fourth-order valence-corrected chi connectivity index (χ4v) is 1.88. The van der Waals surface area contributed by atoms with Gasteiger partial charge in [0.1, 0.15) is 5.82 Å². The Morgan fingerprint density at radius 2 is 1.89 bits per heavy atom. The molecule has 1 unspecified atom stereocenters. The molecule has 4 heteroatoms. The summed E-state index contributed by atoms with van der Waals surface area (Å²) in [6.07, 6.45) is 0. The van der Waals surface area contributed by atoms with Crippen LogP contribution in [-0.4, -0.2) is 5.91 Å². The Hall–Kier alpha value is -2.36. The molecule has 19 heavy (non-hydrogen) atoms. The number of carbonyl (C=O) groups is 1. The molecule has 0 aromatic heterocycles. The maximum atomic E-state index is 13.4. The van der Waals surface area contributed by atoms with Gasteiger partial charge >= 0.3 is 0 Å². The van der Waals surface area contributed by atoms with Crippen molar-refractivity contribution in [2.45, 2.75) is 13.0 Å². The van der Waals surface area contributed by atoms with Crippen LogP contribution in [0.3, 0.4) is 0 Å². The molecule has 2 rings (SSSR count). The van der Waals surface area contributed by atoms with E-state index in [-0.39, 0.29) is 11.6 Å². The second-order valence-corrected chi connectivity index (χ2v) is 4.34. The molecule has 0 aliphatic rings. The molecule has 3 N–H and O–H groups in total. The Balaban J connectivity index is 2.20. The molecule has 0 heterocycles. The number of carbonyl (C=O) groups excluding carboxylic acids is 1. The molecule has 0 fully saturated rings. The van der Waals surface area contributed by atoms with Crippen LogP contribution in [0.4, 0.5) is 10.1 Å². The van der Waals surface area contributed by atoms with Crippen LogP contribution < -0.4 is 11.1 Å². The van der Waals surface area contributed by atoms with Crippen molar-refractivity contribution in [3.63, 3.8) is 0 Å². The van der Waals surface area contributed by atoms with Gasteiger partial charge in [-0.15, -0.1) is 0 Å². The molecule has 3 nitrogen and oxygen atoms in total. The van der Waals surface area contributed by atoms with Crippen molar-refractivity contribution in [2.24, 2.45) is 5.73 Å². The number of anilines is 1. The molecule has 0 spiro atoms. The van der Waals surface area contributed by atoms with E-state index in [2.05, 4.69) is 5.32 Å². The molecule has 0 saturated carbocycles. The Bertz CT molecular complexity index is 584. The van der Waals surface area contributed by atoms with Gasteiger partial charge in [-0.05, 0) is 30.7 Å². The largest absolute Gasteiger partial charge is 0.378 e. The minimum atomic E-state index is -0.770. The van der Waals surface area contributed by atoms with Gasteiger partial charge in [-0.25, -0.2) is 4.39 Å². The zero-order chi connectivity index (χ0) is 13.8. The first-order valence-electron chi connectivity index (χ1n) is 5.99. The summed E-state index contributed by atoms with van der Waals surface area (Å²) in [5.74, 6) is -1.38. The molecule has 98 valence electrons. The molecular weight excluding hydrogens is 243 g/mol. The van der Waals surface area contributed by atoms with Crippen LogP contribution in [0.2, 0.25) is 0 Å². The third kappa shape index (κ3) is 3.10. The predicted molar refractivity (Wildman–Crippen MR) is 73.4 cm³/mol. The number of nitrogens with two attached hydrogens (primary N) is 1. The minimum Gasteiger partial charge on any atom is -0.378 e. The van der Waals surface area contributed by atoms with Crippen molar-refractivity contribution in [1.82, 2.24) is 0 Å². The molecular formula is C15H15FN2O. The third-order valence-corrected chi connectivity index (χ3v) is 2.91. The molecule has 0 radical (unpaired) electrons. The van der Waals surface area contributed by atoms with E-state index in [0.717, 1.165) is 5.56 Å². The van der Waals surface area contributed by atoms with Gasteiger partial charge in [0, 0.05) is 11.7 Å². The normalized spacial score (nSPS) is 11.9. The van der Waals surface area contributed by atoms with Crippen molar-refractivity contribution < 1.29 is 9.18 Å². The molecule has 0 aliphatic carbocycles. The van der Waals surface area contributed by atoms with Gasteiger partial charge in [-0.1, -0.05) is 30.3 Å². The van der Waals surface area contributed by atoms with E-state index < -0.39 is 11.7 Å². The number of nitrogens with one attached hydrogen (secondary N) is 1. The first-order valence-corrected chi connectivity index (χ1v) is 5.99. The summed E-state index contributed by atoms with van der Waals surface area (Å²) in [5, 5.41) is 3.21. The third-order valence-electron chi connectivity index (χ3n) is 2.91. The summed E-state index contributed by atoms with van der Waals surface area (Å²) < 4.78 is 13.4. The van der Waals surface area contributed by atoms with E-state index >= 15 is 0 Å². The summed E-state index contributed by atoms with van der Waals surface area (Å²) in [6, 6.07) is 14.1. The van der Waals surface area contributed by atoms with Crippen LogP contribution in [0, 0.1) is 5.82 Å². The van der Waals surface area contributed by atoms with Crippen molar-refractivity contribution in [1.29, 1.82) is 0 Å². The van der Waals surface area contributed by atoms with Gasteiger partial charge in [-0.2, -0.15) is 0 Å². The first kappa shape index (κ1) is 13.1. The van der Waals surface area contributed by atoms with Gasteiger partial charge in [0.25, 0.3) is 5.91 Å². The summed E-state index contributed by atoms with van der Waals surface area (Å²) in [4.78, 5) is 11.1. The Morgan fingerprint density at radius 1 is 1.21 bits per heavy atom. The maximum absolute atomic E-state index is 13.4. The minimum absolute atomic E-state index is 0.0485. The standard InChI is InChI=1S/C15H15FN2O/c1-10(11-5-3-2-4-6-11)18-12-7-8-14(16)13(9-12)15(17)19/h2-10,18H,1H3,(H2,17,19). The smallest absolute Gasteiger partial charge is 0.251 e. The zero-order valence-electron chi connectivity index (χ0n) is 10.6. The molecule has 1 amide bonds. The number of primary amides is 1. The summed E-state index contributed by atoms with van der Waals surface area (Å²) in [5.41, 5.74) is 6.78. The van der Waals surface area contributed by atoms with Crippen LogP contribution in [0.1, 0.15) is 28.9 Å². The van der Waals surface area contributed by atoms with Crippen LogP contribution in [0.5, 0.6) is 0 Å². The zero-order valence-corrected chi connectivity index (χ0v) is 10.6. The van der Waals surface area contributed by atoms with Gasteiger partial charge in [0.2, 0.25) is 0 Å². The Morgan fingerprint density at radius 3 is 2.53 bits per heavy atom. The maximum Gasteiger partial charge on any atom is 0.251 e. The van der Waals surface area contributed by atoms with E-state index in [1.165, 1.54) is 12.1 Å². The molecule has 0 saturated heterocycles. The van der Waals surface area contributed by atoms with Crippen LogP contribution >= 0.6 is 0 Å². The SMILES string of the molecule is CC(Nc1ccc(F)c(C(N)=O)c1)c1ccccc1. The molecule has 0 aliphatic heterocycles. The van der Waals surface area contributed by atoms with E-state index in [1.54, 1.807) is 6.07 Å². The molecule has 2 aromatic rings. The topological polar surface area (TPSA) is 55.1 Å². The molecule has 2 aromatic carbocycles. The van der Waals surface area contributed by atoms with Crippen molar-refractivity contribution in [3.05, 3.63) is 65.5 Å². The second-order valence-electron chi connectivity index (χ2n) is 4.34. The van der Waals surface area contributed by atoms with Crippen molar-refractivity contribution in [2.75, 3.05) is 5.32 Å². The number of benzene rings is 2. The summed E-state index contributed by atoms with van der Waals surface area (Å²) in [6.45, 7) is 1.99. The lowest BCUT2D eigenvalue weighted by Crippen LogP contribution is -2.14.